The number of amides is 2. The second-order valence-electron chi connectivity index (χ2n) is 9.05. The van der Waals surface area contributed by atoms with Gasteiger partial charge in [0.15, 0.2) is 4.96 Å². The van der Waals surface area contributed by atoms with Crippen molar-refractivity contribution in [2.45, 2.75) is 31.9 Å². The summed E-state index contributed by atoms with van der Waals surface area (Å²) in [5.41, 5.74) is 1.31. The van der Waals surface area contributed by atoms with Gasteiger partial charge in [-0.1, -0.05) is 11.8 Å². The summed E-state index contributed by atoms with van der Waals surface area (Å²) in [6.07, 6.45) is 10.8. The van der Waals surface area contributed by atoms with Gasteiger partial charge in [0.1, 0.15) is 36.0 Å². The maximum Gasteiger partial charge on any atom is 0.272 e. The number of aromatic nitrogens is 4. The van der Waals surface area contributed by atoms with Crippen molar-refractivity contribution in [1.82, 2.24) is 29.6 Å². The van der Waals surface area contributed by atoms with E-state index in [-0.39, 0.29) is 24.1 Å². The predicted octanol–water partition coefficient (Wildman–Crippen LogP) is 2.00. The van der Waals surface area contributed by atoms with Crippen LogP contribution in [0.4, 0.5) is 0 Å². The molecule has 1 unspecified atom stereocenters. The first-order valence-corrected chi connectivity index (χ1v) is 12.2. The number of fused-ring (bicyclic) bond motifs is 2. The normalized spacial score (nSPS) is 19.9. The molecule has 0 saturated carbocycles. The fourth-order valence-electron chi connectivity index (χ4n) is 3.92. The predicted molar refractivity (Wildman–Crippen MR) is 132 cm³/mol. The molecule has 5 rings (SSSR count). The number of likely N-dealkylation sites (N-methyl/N-ethyl adjacent to an activating group) is 1. The third kappa shape index (κ3) is 4.73. The molecule has 3 aromatic heterocycles. The Morgan fingerprint density at radius 2 is 2.11 bits per heavy atom. The highest BCUT2D eigenvalue weighted by atomic mass is 32.1. The summed E-state index contributed by atoms with van der Waals surface area (Å²) in [7, 11) is 1.64. The van der Waals surface area contributed by atoms with Crippen molar-refractivity contribution in [2.75, 3.05) is 13.7 Å². The number of carbonyl (C=O) groups is 2. The van der Waals surface area contributed by atoms with Gasteiger partial charge in [-0.3, -0.25) is 14.0 Å². The number of hydrogen-bond donors (Lipinski definition) is 2. The van der Waals surface area contributed by atoms with E-state index in [0.29, 0.717) is 22.8 Å². The van der Waals surface area contributed by atoms with E-state index in [1.165, 1.54) is 22.6 Å². The molecule has 2 atom stereocenters. The van der Waals surface area contributed by atoms with Crippen LogP contribution in [0.1, 0.15) is 30.8 Å². The molecule has 10 nitrogen and oxygen atoms in total. The molecule has 11 heteroatoms. The van der Waals surface area contributed by atoms with E-state index in [1.54, 1.807) is 43.9 Å². The number of imidazole rings is 1. The van der Waals surface area contributed by atoms with Gasteiger partial charge in [-0.25, -0.2) is 15.0 Å². The monoisotopic (exact) mass is 504 g/mol. The highest BCUT2D eigenvalue weighted by molar-refractivity contribution is 7.15. The first kappa shape index (κ1) is 23.7. The maximum absolute atomic E-state index is 13.2. The molecular weight excluding hydrogens is 480 g/mol. The van der Waals surface area contributed by atoms with E-state index in [9.17, 15) is 14.7 Å². The minimum absolute atomic E-state index is 0.00702. The lowest BCUT2D eigenvalue weighted by atomic mass is 9.97. The number of carbonyl (C=O) groups excluding carboxylic acids is 2. The Kier molecular flexibility index (Phi) is 6.07. The molecule has 36 heavy (non-hydrogen) atoms. The summed E-state index contributed by atoms with van der Waals surface area (Å²) in [6.45, 7) is 3.23. The number of allylic oxidation sites excluding steroid dienone is 2. The number of thiazole rings is 1. The molecule has 1 aliphatic heterocycles. The molecule has 4 heterocycles. The molecule has 184 valence electrons. The van der Waals surface area contributed by atoms with E-state index in [2.05, 4.69) is 32.1 Å². The summed E-state index contributed by atoms with van der Waals surface area (Å²) in [5, 5.41) is 14.6. The van der Waals surface area contributed by atoms with Crippen molar-refractivity contribution in [1.29, 1.82) is 0 Å². The van der Waals surface area contributed by atoms with Crippen molar-refractivity contribution in [2.24, 2.45) is 5.92 Å². The number of ether oxygens (including phenoxy) is 1. The van der Waals surface area contributed by atoms with Gasteiger partial charge in [-0.15, -0.1) is 11.3 Å². The minimum Gasteiger partial charge on any atom is -0.489 e. The van der Waals surface area contributed by atoms with E-state index in [4.69, 9.17) is 4.74 Å². The average molecular weight is 505 g/mol. The standard InChI is InChI=1S/C25H24N6O4S/c1-25(2,34)7-6-15-4-5-21-19(8-15)30(3)23(33)18(12-35-21)28-22(32)17-11-31-20(13-36-24(31)29-17)16-9-26-14-27-10-16/h5,8-11,13-15,18,34H,4,12H2,1-3H3,(H,28,32)/t15?,18-/m0/s1. The van der Waals surface area contributed by atoms with Crippen LogP contribution >= 0.6 is 11.3 Å². The number of rotatable bonds is 3. The summed E-state index contributed by atoms with van der Waals surface area (Å²) in [4.78, 5) is 40.9. The van der Waals surface area contributed by atoms with Crippen molar-refractivity contribution in [3.05, 3.63) is 59.6 Å². The quantitative estimate of drug-likeness (QED) is 0.523. The van der Waals surface area contributed by atoms with Crippen LogP contribution in [0.2, 0.25) is 0 Å². The molecule has 0 aromatic carbocycles. The Labute approximate surface area is 211 Å². The third-order valence-electron chi connectivity index (χ3n) is 5.73. The Morgan fingerprint density at radius 3 is 2.86 bits per heavy atom. The van der Waals surface area contributed by atoms with Gasteiger partial charge >= 0.3 is 0 Å². The zero-order valence-electron chi connectivity index (χ0n) is 19.9. The zero-order valence-corrected chi connectivity index (χ0v) is 20.7. The molecule has 0 radical (unpaired) electrons. The fraction of sp³-hybridized carbons (Fsp3) is 0.320. The SMILES string of the molecule is CN1C(=O)[C@@H](NC(=O)c2cn3c(-c4cncnc4)csc3n2)COC2=CCC(C#CC(C)(C)O)C=C21. The molecular formula is C25H24N6O4S. The van der Waals surface area contributed by atoms with Crippen molar-refractivity contribution >= 4 is 28.1 Å². The van der Waals surface area contributed by atoms with Crippen LogP contribution in [0, 0.1) is 17.8 Å². The lowest BCUT2D eigenvalue weighted by molar-refractivity contribution is -0.130. The number of hydrogen-bond acceptors (Lipinski definition) is 8. The average Bonchev–Trinajstić information content (AvgIpc) is 3.43. The second kappa shape index (κ2) is 9.22. The summed E-state index contributed by atoms with van der Waals surface area (Å²) < 4.78 is 7.69. The Bertz CT molecular complexity index is 1450. The van der Waals surface area contributed by atoms with E-state index < -0.39 is 17.6 Å². The first-order valence-electron chi connectivity index (χ1n) is 11.3. The minimum atomic E-state index is -1.10. The van der Waals surface area contributed by atoms with Crippen LogP contribution in [-0.4, -0.2) is 66.5 Å². The molecule has 1 saturated heterocycles. The lowest BCUT2D eigenvalue weighted by Gasteiger charge is -2.24. The van der Waals surface area contributed by atoms with E-state index in [1.807, 2.05) is 17.5 Å². The van der Waals surface area contributed by atoms with Crippen molar-refractivity contribution < 1.29 is 19.4 Å². The summed E-state index contributed by atoms with van der Waals surface area (Å²) in [6, 6.07) is -0.891. The second-order valence-corrected chi connectivity index (χ2v) is 9.89. The zero-order chi connectivity index (χ0) is 25.4. The highest BCUT2D eigenvalue weighted by Crippen LogP contribution is 2.29. The van der Waals surface area contributed by atoms with Gasteiger partial charge in [0, 0.05) is 42.5 Å². The van der Waals surface area contributed by atoms with Crippen LogP contribution in [0.15, 0.2) is 53.9 Å². The Hall–Kier alpha value is -4.01. The van der Waals surface area contributed by atoms with E-state index >= 15 is 0 Å². The molecule has 1 fully saturated rings. The fourth-order valence-corrected chi connectivity index (χ4v) is 4.81. The van der Waals surface area contributed by atoms with Crippen molar-refractivity contribution in [3.8, 4) is 23.1 Å². The van der Waals surface area contributed by atoms with Gasteiger partial charge in [-0.2, -0.15) is 0 Å². The van der Waals surface area contributed by atoms with Crippen LogP contribution in [0.5, 0.6) is 0 Å². The Balaban J connectivity index is 1.33. The summed E-state index contributed by atoms with van der Waals surface area (Å²) >= 11 is 1.39. The van der Waals surface area contributed by atoms with Crippen LogP contribution in [-0.2, 0) is 9.53 Å². The van der Waals surface area contributed by atoms with Crippen LogP contribution < -0.4 is 5.32 Å². The smallest absolute Gasteiger partial charge is 0.272 e. The molecule has 2 amide bonds. The third-order valence-corrected chi connectivity index (χ3v) is 6.57. The molecule has 3 aromatic rings. The van der Waals surface area contributed by atoms with Gasteiger partial charge < -0.3 is 20.1 Å². The van der Waals surface area contributed by atoms with Crippen LogP contribution in [0.25, 0.3) is 16.2 Å². The number of nitrogens with one attached hydrogen (secondary N) is 1. The largest absolute Gasteiger partial charge is 0.489 e. The first-order chi connectivity index (χ1) is 17.2. The van der Waals surface area contributed by atoms with Gasteiger partial charge in [0.25, 0.3) is 11.8 Å². The highest BCUT2D eigenvalue weighted by Gasteiger charge is 2.34. The molecule has 2 N–H and O–H groups in total. The maximum atomic E-state index is 13.2. The lowest BCUT2D eigenvalue weighted by Crippen LogP contribution is -2.48. The van der Waals surface area contributed by atoms with Gasteiger partial charge in [-0.05, 0) is 32.4 Å². The van der Waals surface area contributed by atoms with E-state index in [0.717, 1.165) is 11.3 Å². The molecule has 1 aliphatic carbocycles. The van der Waals surface area contributed by atoms with Gasteiger partial charge in [0.2, 0.25) is 0 Å². The Morgan fingerprint density at radius 1 is 1.33 bits per heavy atom. The molecule has 0 bridgehead atoms. The summed E-state index contributed by atoms with van der Waals surface area (Å²) in [5.74, 6) is 5.48. The van der Waals surface area contributed by atoms with Crippen molar-refractivity contribution in [3.63, 3.8) is 0 Å². The topological polar surface area (TPSA) is 122 Å². The number of nitrogens with zero attached hydrogens (tertiary/aromatic N) is 5. The molecule has 2 aliphatic rings. The molecule has 0 spiro atoms. The van der Waals surface area contributed by atoms with Gasteiger partial charge in [0.05, 0.1) is 11.4 Å². The van der Waals surface area contributed by atoms with Crippen LogP contribution in [0.3, 0.4) is 0 Å². The number of aliphatic hydroxyl groups is 1.